The average Bonchev–Trinajstić information content (AvgIpc) is 3.13. The standard InChI is InChI=1S/C14H19BrN2O/c1-2-14(7-8-14)10-16-9-13(18)17-12-6-4-3-5-11(12)15/h3-6,16H,2,7-10H2,1H3,(H,17,18). The van der Waals surface area contributed by atoms with Crippen LogP contribution in [0.4, 0.5) is 5.69 Å². The Hall–Kier alpha value is -0.870. The Morgan fingerprint density at radius 1 is 1.39 bits per heavy atom. The predicted molar refractivity (Wildman–Crippen MR) is 77.6 cm³/mol. The number of carbonyl (C=O) groups excluding carboxylic acids is 1. The second-order valence-corrected chi connectivity index (χ2v) is 5.84. The van der Waals surface area contributed by atoms with Crippen LogP contribution in [-0.2, 0) is 4.79 Å². The maximum Gasteiger partial charge on any atom is 0.238 e. The van der Waals surface area contributed by atoms with Gasteiger partial charge in [0.2, 0.25) is 5.91 Å². The highest BCUT2D eigenvalue weighted by atomic mass is 79.9. The van der Waals surface area contributed by atoms with E-state index < -0.39 is 0 Å². The van der Waals surface area contributed by atoms with Crippen molar-refractivity contribution >= 4 is 27.5 Å². The summed E-state index contributed by atoms with van der Waals surface area (Å²) in [7, 11) is 0. The molecule has 0 heterocycles. The van der Waals surface area contributed by atoms with E-state index in [2.05, 4.69) is 33.5 Å². The molecule has 2 N–H and O–H groups in total. The van der Waals surface area contributed by atoms with Crippen LogP contribution in [0.25, 0.3) is 0 Å². The number of nitrogens with one attached hydrogen (secondary N) is 2. The van der Waals surface area contributed by atoms with Crippen molar-refractivity contribution in [2.75, 3.05) is 18.4 Å². The van der Waals surface area contributed by atoms with Crippen LogP contribution >= 0.6 is 15.9 Å². The zero-order valence-electron chi connectivity index (χ0n) is 10.6. The summed E-state index contributed by atoms with van der Waals surface area (Å²) in [6.45, 7) is 3.55. The Kier molecular flexibility index (Phi) is 4.40. The molecule has 1 aliphatic carbocycles. The highest BCUT2D eigenvalue weighted by molar-refractivity contribution is 9.10. The van der Waals surface area contributed by atoms with Crippen LogP contribution in [0, 0.1) is 5.41 Å². The molecule has 0 bridgehead atoms. The molecule has 0 atom stereocenters. The van der Waals surface area contributed by atoms with Gasteiger partial charge in [0.25, 0.3) is 0 Å². The van der Waals surface area contributed by atoms with Crippen LogP contribution in [0.1, 0.15) is 26.2 Å². The molecule has 1 aromatic rings. The zero-order valence-corrected chi connectivity index (χ0v) is 12.2. The van der Waals surface area contributed by atoms with E-state index in [1.165, 1.54) is 19.3 Å². The van der Waals surface area contributed by atoms with Gasteiger partial charge in [0.1, 0.15) is 0 Å². The van der Waals surface area contributed by atoms with Crippen molar-refractivity contribution in [1.82, 2.24) is 5.32 Å². The van der Waals surface area contributed by atoms with Gasteiger partial charge >= 0.3 is 0 Å². The first-order valence-corrected chi connectivity index (χ1v) is 7.20. The normalized spacial score (nSPS) is 16.3. The fourth-order valence-electron chi connectivity index (χ4n) is 2.03. The molecule has 0 aliphatic heterocycles. The molecule has 0 spiro atoms. The second-order valence-electron chi connectivity index (χ2n) is 4.99. The fraction of sp³-hybridized carbons (Fsp3) is 0.500. The van der Waals surface area contributed by atoms with Crippen molar-refractivity contribution in [3.05, 3.63) is 28.7 Å². The topological polar surface area (TPSA) is 41.1 Å². The van der Waals surface area contributed by atoms with Gasteiger partial charge in [0, 0.05) is 11.0 Å². The maximum atomic E-state index is 11.8. The lowest BCUT2D eigenvalue weighted by Gasteiger charge is -2.13. The Balaban J connectivity index is 1.74. The van der Waals surface area contributed by atoms with E-state index >= 15 is 0 Å². The minimum absolute atomic E-state index is 0.00815. The molecule has 0 saturated heterocycles. The van der Waals surface area contributed by atoms with Crippen LogP contribution in [-0.4, -0.2) is 19.0 Å². The molecule has 0 aromatic heterocycles. The summed E-state index contributed by atoms with van der Waals surface area (Å²) in [5.74, 6) is 0.00815. The molecule has 1 aliphatic rings. The number of anilines is 1. The highest BCUT2D eigenvalue weighted by Gasteiger charge is 2.39. The van der Waals surface area contributed by atoms with E-state index in [9.17, 15) is 4.79 Å². The minimum Gasteiger partial charge on any atom is -0.324 e. The van der Waals surface area contributed by atoms with Gasteiger partial charge in [-0.05, 0) is 52.7 Å². The van der Waals surface area contributed by atoms with Crippen LogP contribution in [0.2, 0.25) is 0 Å². The number of hydrogen-bond donors (Lipinski definition) is 2. The quantitative estimate of drug-likeness (QED) is 0.847. The molecule has 0 unspecified atom stereocenters. The number of rotatable bonds is 6. The number of amides is 1. The van der Waals surface area contributed by atoms with Gasteiger partial charge < -0.3 is 10.6 Å². The van der Waals surface area contributed by atoms with Crippen molar-refractivity contribution in [3.63, 3.8) is 0 Å². The van der Waals surface area contributed by atoms with Gasteiger partial charge in [0.15, 0.2) is 0 Å². The number of carbonyl (C=O) groups is 1. The van der Waals surface area contributed by atoms with Gasteiger partial charge in [-0.3, -0.25) is 4.79 Å². The van der Waals surface area contributed by atoms with Crippen molar-refractivity contribution in [3.8, 4) is 0 Å². The first-order chi connectivity index (χ1) is 8.65. The lowest BCUT2D eigenvalue weighted by Crippen LogP contribution is -2.32. The maximum absolute atomic E-state index is 11.8. The molecule has 18 heavy (non-hydrogen) atoms. The van der Waals surface area contributed by atoms with Crippen molar-refractivity contribution in [2.45, 2.75) is 26.2 Å². The molecule has 98 valence electrons. The van der Waals surface area contributed by atoms with E-state index in [0.717, 1.165) is 16.7 Å². The number of hydrogen-bond acceptors (Lipinski definition) is 2. The zero-order chi connectivity index (χ0) is 13.0. The molecular formula is C14H19BrN2O. The molecule has 3 nitrogen and oxygen atoms in total. The van der Waals surface area contributed by atoms with Gasteiger partial charge in [-0.2, -0.15) is 0 Å². The first kappa shape index (κ1) is 13.6. The SMILES string of the molecule is CCC1(CNCC(=O)Nc2ccccc2Br)CC1. The number of para-hydroxylation sites is 1. The Bertz CT molecular complexity index is 430. The van der Waals surface area contributed by atoms with Crippen LogP contribution < -0.4 is 10.6 Å². The molecule has 2 rings (SSSR count). The summed E-state index contributed by atoms with van der Waals surface area (Å²) in [6.07, 6.45) is 3.79. The molecule has 0 radical (unpaired) electrons. The predicted octanol–water partition coefficient (Wildman–Crippen LogP) is 3.17. The summed E-state index contributed by atoms with van der Waals surface area (Å²) < 4.78 is 0.908. The smallest absolute Gasteiger partial charge is 0.238 e. The second kappa shape index (κ2) is 5.85. The highest BCUT2D eigenvalue weighted by Crippen LogP contribution is 2.47. The third-order valence-electron chi connectivity index (χ3n) is 3.64. The summed E-state index contributed by atoms with van der Waals surface area (Å²) >= 11 is 3.41. The fourth-order valence-corrected chi connectivity index (χ4v) is 2.41. The van der Waals surface area contributed by atoms with Crippen LogP contribution in [0.15, 0.2) is 28.7 Å². The van der Waals surface area contributed by atoms with Gasteiger partial charge in [-0.1, -0.05) is 19.1 Å². The van der Waals surface area contributed by atoms with Crippen molar-refractivity contribution < 1.29 is 4.79 Å². The van der Waals surface area contributed by atoms with E-state index in [4.69, 9.17) is 0 Å². The number of benzene rings is 1. The molecule has 4 heteroatoms. The average molecular weight is 311 g/mol. The third kappa shape index (κ3) is 3.56. The van der Waals surface area contributed by atoms with E-state index in [1.807, 2.05) is 24.3 Å². The largest absolute Gasteiger partial charge is 0.324 e. The van der Waals surface area contributed by atoms with E-state index in [0.29, 0.717) is 12.0 Å². The third-order valence-corrected chi connectivity index (χ3v) is 4.33. The molecule has 1 fully saturated rings. The monoisotopic (exact) mass is 310 g/mol. The first-order valence-electron chi connectivity index (χ1n) is 6.40. The van der Waals surface area contributed by atoms with Gasteiger partial charge in [0.05, 0.1) is 12.2 Å². The van der Waals surface area contributed by atoms with E-state index in [1.54, 1.807) is 0 Å². The van der Waals surface area contributed by atoms with Crippen molar-refractivity contribution in [1.29, 1.82) is 0 Å². The Morgan fingerprint density at radius 3 is 2.72 bits per heavy atom. The summed E-state index contributed by atoms with van der Waals surface area (Å²) in [5.41, 5.74) is 1.30. The molecule has 1 amide bonds. The lowest BCUT2D eigenvalue weighted by atomic mass is 10.0. The summed E-state index contributed by atoms with van der Waals surface area (Å²) in [6, 6.07) is 7.63. The Labute approximate surface area is 116 Å². The summed E-state index contributed by atoms with van der Waals surface area (Å²) in [4.78, 5) is 11.8. The van der Waals surface area contributed by atoms with Crippen LogP contribution in [0.5, 0.6) is 0 Å². The molecule has 1 saturated carbocycles. The Morgan fingerprint density at radius 2 is 2.11 bits per heavy atom. The minimum atomic E-state index is 0.00815. The van der Waals surface area contributed by atoms with Crippen LogP contribution in [0.3, 0.4) is 0 Å². The molecule has 1 aromatic carbocycles. The van der Waals surface area contributed by atoms with E-state index in [-0.39, 0.29) is 5.91 Å². The number of halogens is 1. The van der Waals surface area contributed by atoms with Gasteiger partial charge in [-0.25, -0.2) is 0 Å². The van der Waals surface area contributed by atoms with Crippen molar-refractivity contribution in [2.24, 2.45) is 5.41 Å². The van der Waals surface area contributed by atoms with Gasteiger partial charge in [-0.15, -0.1) is 0 Å². The summed E-state index contributed by atoms with van der Waals surface area (Å²) in [5, 5.41) is 6.14. The lowest BCUT2D eigenvalue weighted by molar-refractivity contribution is -0.115. The molecular weight excluding hydrogens is 292 g/mol.